The molecule has 0 aliphatic carbocycles. The van der Waals surface area contributed by atoms with Crippen LogP contribution in [0.3, 0.4) is 0 Å². The highest BCUT2D eigenvalue weighted by Crippen LogP contribution is 2.24. The van der Waals surface area contributed by atoms with Gasteiger partial charge in [-0.25, -0.2) is 0 Å². The summed E-state index contributed by atoms with van der Waals surface area (Å²) in [6, 6.07) is 0. The number of halogens is 2. The van der Waals surface area contributed by atoms with Gasteiger partial charge in [-0.1, -0.05) is 13.8 Å². The highest BCUT2D eigenvalue weighted by Gasteiger charge is 2.22. The predicted octanol–water partition coefficient (Wildman–Crippen LogP) is 2.70. The van der Waals surface area contributed by atoms with E-state index in [9.17, 15) is 4.79 Å². The van der Waals surface area contributed by atoms with E-state index >= 15 is 0 Å². The van der Waals surface area contributed by atoms with Gasteiger partial charge < -0.3 is 15.5 Å². The maximum absolute atomic E-state index is 12.1. The molecule has 2 aliphatic rings. The number of nitrogens with one attached hydrogen (secondary N) is 2. The monoisotopic (exact) mass is 367 g/mol. The molecule has 23 heavy (non-hydrogen) atoms. The van der Waals surface area contributed by atoms with Crippen LogP contribution in [0.1, 0.15) is 46.0 Å². The third-order valence-corrected chi connectivity index (χ3v) is 5.19. The molecule has 2 rings (SSSR count). The number of piperidine rings is 2. The summed E-state index contributed by atoms with van der Waals surface area (Å²) in [5.74, 6) is 2.29. The number of hydrogen-bond donors (Lipinski definition) is 2. The first-order valence-electron chi connectivity index (χ1n) is 8.85. The molecule has 0 aromatic carbocycles. The Morgan fingerprint density at radius 2 is 1.96 bits per heavy atom. The summed E-state index contributed by atoms with van der Waals surface area (Å²) in [5.41, 5.74) is 0. The molecule has 2 fully saturated rings. The first-order valence-corrected chi connectivity index (χ1v) is 8.85. The highest BCUT2D eigenvalue weighted by atomic mass is 35.5. The van der Waals surface area contributed by atoms with Crippen molar-refractivity contribution in [3.63, 3.8) is 0 Å². The normalized spacial score (nSPS) is 24.2. The van der Waals surface area contributed by atoms with Crippen LogP contribution in [0.4, 0.5) is 0 Å². The zero-order valence-corrected chi connectivity index (χ0v) is 16.3. The maximum Gasteiger partial charge on any atom is 0.220 e. The van der Waals surface area contributed by atoms with Gasteiger partial charge in [0.2, 0.25) is 5.91 Å². The van der Waals surface area contributed by atoms with Gasteiger partial charge >= 0.3 is 0 Å². The summed E-state index contributed by atoms with van der Waals surface area (Å²) < 4.78 is 0. The fourth-order valence-electron chi connectivity index (χ4n) is 3.79. The van der Waals surface area contributed by atoms with Gasteiger partial charge in [-0.05, 0) is 63.1 Å². The van der Waals surface area contributed by atoms with E-state index in [1.165, 1.54) is 38.8 Å². The van der Waals surface area contributed by atoms with Gasteiger partial charge in [0.05, 0.1) is 0 Å². The number of amides is 1. The molecule has 0 aromatic heterocycles. The van der Waals surface area contributed by atoms with Crippen molar-refractivity contribution < 1.29 is 4.79 Å². The zero-order valence-electron chi connectivity index (χ0n) is 14.7. The molecule has 2 heterocycles. The van der Waals surface area contributed by atoms with Crippen LogP contribution in [0, 0.1) is 17.8 Å². The van der Waals surface area contributed by atoms with Gasteiger partial charge in [0.15, 0.2) is 0 Å². The Morgan fingerprint density at radius 3 is 2.61 bits per heavy atom. The highest BCUT2D eigenvalue weighted by molar-refractivity contribution is 5.85. The lowest BCUT2D eigenvalue weighted by Crippen LogP contribution is -2.40. The Bertz CT molecular complexity index is 325. The van der Waals surface area contributed by atoms with Crippen LogP contribution in [0.2, 0.25) is 0 Å². The van der Waals surface area contributed by atoms with E-state index in [0.29, 0.717) is 12.3 Å². The van der Waals surface area contributed by atoms with Crippen LogP contribution in [-0.4, -0.2) is 50.1 Å². The molecule has 138 valence electrons. The molecule has 0 bridgehead atoms. The Kier molecular flexibility index (Phi) is 12.3. The number of carbonyl (C=O) groups excluding carboxylic acids is 1. The van der Waals surface area contributed by atoms with Gasteiger partial charge in [0, 0.05) is 26.1 Å². The lowest BCUT2D eigenvalue weighted by atomic mass is 9.84. The van der Waals surface area contributed by atoms with E-state index in [0.717, 1.165) is 38.0 Å². The van der Waals surface area contributed by atoms with Crippen LogP contribution in [0.5, 0.6) is 0 Å². The molecule has 0 saturated carbocycles. The van der Waals surface area contributed by atoms with Gasteiger partial charge in [-0.15, -0.1) is 24.8 Å². The lowest BCUT2D eigenvalue weighted by molar-refractivity contribution is -0.122. The third-order valence-electron chi connectivity index (χ3n) is 5.19. The van der Waals surface area contributed by atoms with Gasteiger partial charge in [-0.2, -0.15) is 0 Å². The fourth-order valence-corrected chi connectivity index (χ4v) is 3.79. The Morgan fingerprint density at radius 1 is 1.26 bits per heavy atom. The number of hydrogen-bond acceptors (Lipinski definition) is 3. The topological polar surface area (TPSA) is 44.4 Å². The van der Waals surface area contributed by atoms with Crippen molar-refractivity contribution in [2.45, 2.75) is 46.0 Å². The van der Waals surface area contributed by atoms with Crippen molar-refractivity contribution in [2.24, 2.45) is 17.8 Å². The van der Waals surface area contributed by atoms with Crippen molar-refractivity contribution >= 4 is 30.7 Å². The van der Waals surface area contributed by atoms with E-state index < -0.39 is 0 Å². The molecule has 0 radical (unpaired) electrons. The molecule has 2 aliphatic heterocycles. The van der Waals surface area contributed by atoms with Crippen molar-refractivity contribution in [2.75, 3.05) is 39.3 Å². The van der Waals surface area contributed by atoms with Crippen molar-refractivity contribution in [3.05, 3.63) is 0 Å². The first-order chi connectivity index (χ1) is 10.1. The molecular weight excluding hydrogens is 333 g/mol. The average Bonchev–Trinajstić information content (AvgIpc) is 2.48. The van der Waals surface area contributed by atoms with Crippen LogP contribution < -0.4 is 10.6 Å². The second-order valence-corrected chi connectivity index (χ2v) is 7.17. The summed E-state index contributed by atoms with van der Waals surface area (Å²) in [7, 11) is 0. The smallest absolute Gasteiger partial charge is 0.220 e. The second kappa shape index (κ2) is 12.3. The SMILES string of the molecule is CC1CCCN(CCNC(=O)CC(C)C2CCNCC2)C1.Cl.Cl. The van der Waals surface area contributed by atoms with E-state index in [1.54, 1.807) is 0 Å². The molecule has 2 N–H and O–H groups in total. The number of likely N-dealkylation sites (tertiary alicyclic amines) is 1. The van der Waals surface area contributed by atoms with Gasteiger partial charge in [-0.3, -0.25) is 4.79 Å². The molecule has 2 saturated heterocycles. The molecule has 1 amide bonds. The zero-order chi connectivity index (χ0) is 15.1. The Balaban J connectivity index is 0.00000242. The van der Waals surface area contributed by atoms with Gasteiger partial charge in [0.25, 0.3) is 0 Å². The van der Waals surface area contributed by atoms with Crippen LogP contribution >= 0.6 is 24.8 Å². The summed E-state index contributed by atoms with van der Waals surface area (Å²) >= 11 is 0. The molecule has 4 nitrogen and oxygen atoms in total. The quantitative estimate of drug-likeness (QED) is 0.758. The second-order valence-electron chi connectivity index (χ2n) is 7.17. The van der Waals surface area contributed by atoms with Crippen LogP contribution in [-0.2, 0) is 4.79 Å². The minimum atomic E-state index is 0. The van der Waals surface area contributed by atoms with E-state index in [1.807, 2.05) is 0 Å². The predicted molar refractivity (Wildman–Crippen MR) is 102 cm³/mol. The molecule has 0 aromatic rings. The summed E-state index contributed by atoms with van der Waals surface area (Å²) in [5, 5.41) is 6.51. The Hall–Kier alpha value is -0.0300. The fraction of sp³-hybridized carbons (Fsp3) is 0.941. The molecule has 2 atom stereocenters. The van der Waals surface area contributed by atoms with E-state index in [4.69, 9.17) is 0 Å². The lowest BCUT2D eigenvalue weighted by Gasteiger charge is -2.31. The van der Waals surface area contributed by atoms with E-state index in [2.05, 4.69) is 29.4 Å². The molecule has 6 heteroatoms. The largest absolute Gasteiger partial charge is 0.355 e. The van der Waals surface area contributed by atoms with Gasteiger partial charge in [0.1, 0.15) is 0 Å². The standard InChI is InChI=1S/C17H33N3O.2ClH/c1-14-4-3-10-20(13-14)11-9-19-17(21)12-15(2)16-5-7-18-8-6-16;;/h14-16,18H,3-13H2,1-2H3,(H,19,21);2*1H. The number of rotatable bonds is 6. The summed E-state index contributed by atoms with van der Waals surface area (Å²) in [6.45, 7) is 11.0. The minimum Gasteiger partial charge on any atom is -0.355 e. The third kappa shape index (κ3) is 8.57. The minimum absolute atomic E-state index is 0. The van der Waals surface area contributed by atoms with E-state index in [-0.39, 0.29) is 30.7 Å². The molecular formula is C17H35Cl2N3O. The number of carbonyl (C=O) groups is 1. The summed E-state index contributed by atoms with van der Waals surface area (Å²) in [4.78, 5) is 14.5. The number of nitrogens with zero attached hydrogens (tertiary/aromatic N) is 1. The molecule has 0 spiro atoms. The van der Waals surface area contributed by atoms with Crippen molar-refractivity contribution in [1.82, 2.24) is 15.5 Å². The van der Waals surface area contributed by atoms with Crippen molar-refractivity contribution in [1.29, 1.82) is 0 Å². The van der Waals surface area contributed by atoms with Crippen molar-refractivity contribution in [3.8, 4) is 0 Å². The Labute approximate surface area is 154 Å². The van der Waals surface area contributed by atoms with Crippen LogP contribution in [0.15, 0.2) is 0 Å². The molecule has 2 unspecified atom stereocenters. The summed E-state index contributed by atoms with van der Waals surface area (Å²) in [6.07, 6.45) is 5.81. The van der Waals surface area contributed by atoms with Crippen LogP contribution in [0.25, 0.3) is 0 Å². The maximum atomic E-state index is 12.1. The average molecular weight is 368 g/mol. The first kappa shape index (κ1) is 23.0.